The van der Waals surface area contributed by atoms with Crippen LogP contribution >= 0.6 is 0 Å². The molecule has 4 heterocycles. The van der Waals surface area contributed by atoms with E-state index in [2.05, 4.69) is 94.1 Å². The van der Waals surface area contributed by atoms with Gasteiger partial charge >= 0.3 is 0 Å². The fraction of sp³-hybridized carbons (Fsp3) is 0. The van der Waals surface area contributed by atoms with Gasteiger partial charge in [-0.3, -0.25) is 4.98 Å². The fourth-order valence-electron chi connectivity index (χ4n) is 12.8. The first-order valence-corrected chi connectivity index (χ1v) is 30.1. The molecule has 15 rings (SSSR count). The van der Waals surface area contributed by atoms with Crippen molar-refractivity contribution in [1.82, 2.24) is 29.1 Å². The zero-order valence-corrected chi connectivity index (χ0v) is 50.4. The van der Waals surface area contributed by atoms with Crippen molar-refractivity contribution >= 4 is 43.6 Å². The van der Waals surface area contributed by atoms with Crippen LogP contribution in [-0.4, -0.2) is 29.1 Å². The lowest BCUT2D eigenvalue weighted by Crippen LogP contribution is -2.04. The van der Waals surface area contributed by atoms with Gasteiger partial charge in [0.15, 0.2) is 17.5 Å². The Balaban J connectivity index is 1.03. The fourth-order valence-corrected chi connectivity index (χ4v) is 12.8. The van der Waals surface area contributed by atoms with Gasteiger partial charge in [0.2, 0.25) is 0 Å². The Kier molecular flexibility index (Phi) is 14.3. The minimum Gasteiger partial charge on any atom is -0.309 e. The lowest BCUT2D eigenvalue weighted by atomic mass is 9.97. The van der Waals surface area contributed by atoms with Gasteiger partial charge in [-0.25, -0.2) is 15.0 Å². The van der Waals surface area contributed by atoms with Gasteiger partial charge in [-0.05, 0) is 178 Å². The van der Waals surface area contributed by atoms with Crippen molar-refractivity contribution in [3.8, 4) is 150 Å². The van der Waals surface area contributed by atoms with Crippen LogP contribution in [0.3, 0.4) is 0 Å². The molecule has 11 aromatic carbocycles. The molecule has 0 spiro atoms. The van der Waals surface area contributed by atoms with Crippen LogP contribution in [0.5, 0.6) is 0 Å². The predicted molar refractivity (Wildman–Crippen MR) is 368 cm³/mol. The standard InChI is InChI=1S/C82H40N14/c83-40-49-23-50(41-84)28-64(27-49)59-12-17-74-70(35-59)71-36-60(65-29-51(42-85)24-52(30-65)43-86)13-18-75(71)95(74)78-39-63(82-93-80(57-7-3-1-4-8-57)92-81(94-82)58-9-5-2-6-10-58)11-16-68(78)69-21-22-91-48-79(69)96-76-19-14-61(66-31-53(44-87)25-54(32-66)45-88)37-72(76)73-38-62(15-20-77(73)96)67-33-55(46-89)26-56(34-67)47-90/h1-39,48H. The van der Waals surface area contributed by atoms with Gasteiger partial charge in [-0.2, -0.15) is 42.1 Å². The first kappa shape index (κ1) is 57.5. The van der Waals surface area contributed by atoms with Crippen molar-refractivity contribution in [2.75, 3.05) is 0 Å². The van der Waals surface area contributed by atoms with E-state index in [0.717, 1.165) is 88.1 Å². The molecular weight excluding hydrogens is 1180 g/mol. The molecule has 0 aliphatic carbocycles. The summed E-state index contributed by atoms with van der Waals surface area (Å²) in [5.41, 5.74) is 16.8. The molecule has 0 radical (unpaired) electrons. The Hall–Kier alpha value is -14.9. The number of pyridine rings is 1. The Bertz CT molecular complexity index is 5750. The summed E-state index contributed by atoms with van der Waals surface area (Å²) in [6.07, 6.45) is 3.60. The number of fused-ring (bicyclic) bond motifs is 6. The van der Waals surface area contributed by atoms with Crippen molar-refractivity contribution in [3.63, 3.8) is 0 Å². The van der Waals surface area contributed by atoms with E-state index in [1.807, 2.05) is 128 Å². The van der Waals surface area contributed by atoms with Gasteiger partial charge in [0.1, 0.15) is 0 Å². The first-order chi connectivity index (χ1) is 47.1. The van der Waals surface area contributed by atoms with Gasteiger partial charge in [0.25, 0.3) is 0 Å². The van der Waals surface area contributed by atoms with Crippen LogP contribution in [0.1, 0.15) is 44.5 Å². The molecule has 0 aliphatic heterocycles. The van der Waals surface area contributed by atoms with Crippen molar-refractivity contribution in [3.05, 3.63) is 287 Å². The SMILES string of the molecule is N#Cc1cc(C#N)cc(-c2ccc3c(c2)c2cc(-c4cc(C#N)cc(C#N)c4)ccc2n3-c2cnccc2-c2ccc(-c3nc(-c4ccccc4)nc(-c4ccccc4)n3)cc2-n2c3ccc(-c4cc(C#N)cc(C#N)c4)cc3c3cc(-c4cc(C#N)cc(C#N)c4)ccc32)c1. The third kappa shape index (κ3) is 10.2. The third-order valence-corrected chi connectivity index (χ3v) is 17.2. The normalized spacial score (nSPS) is 10.8. The van der Waals surface area contributed by atoms with Crippen LogP contribution < -0.4 is 0 Å². The lowest BCUT2D eigenvalue weighted by Gasteiger charge is -2.19. The Morgan fingerprint density at radius 1 is 0.240 bits per heavy atom. The Morgan fingerprint density at radius 2 is 0.531 bits per heavy atom. The molecule has 0 unspecified atom stereocenters. The lowest BCUT2D eigenvalue weighted by molar-refractivity contribution is 1.07. The maximum absolute atomic E-state index is 10.2. The highest BCUT2D eigenvalue weighted by atomic mass is 15.0. The molecule has 96 heavy (non-hydrogen) atoms. The number of benzene rings is 11. The van der Waals surface area contributed by atoms with Crippen molar-refractivity contribution in [2.24, 2.45) is 0 Å². The van der Waals surface area contributed by atoms with Crippen molar-refractivity contribution in [2.45, 2.75) is 0 Å². The zero-order chi connectivity index (χ0) is 65.6. The summed E-state index contributed by atoms with van der Waals surface area (Å²) in [5, 5.41) is 84.2. The number of nitrogens with zero attached hydrogens (tertiary/aromatic N) is 14. The van der Waals surface area contributed by atoms with Gasteiger partial charge in [0, 0.05) is 55.6 Å². The molecule has 15 aromatic rings. The molecule has 0 amide bonds. The third-order valence-electron chi connectivity index (χ3n) is 17.2. The molecule has 0 bridgehead atoms. The second kappa shape index (κ2) is 23.8. The largest absolute Gasteiger partial charge is 0.309 e. The number of hydrogen-bond donors (Lipinski definition) is 0. The van der Waals surface area contributed by atoms with Gasteiger partial charge in [-0.1, -0.05) is 97.1 Å². The van der Waals surface area contributed by atoms with E-state index in [0.29, 0.717) is 101 Å². The topological polar surface area (TPSA) is 252 Å². The number of hydrogen-bond acceptors (Lipinski definition) is 12. The number of aromatic nitrogens is 6. The van der Waals surface area contributed by atoms with E-state index in [-0.39, 0.29) is 0 Å². The monoisotopic (exact) mass is 1220 g/mol. The van der Waals surface area contributed by atoms with Crippen LogP contribution in [0, 0.1) is 90.6 Å². The average molecular weight is 1220 g/mol. The summed E-state index contributed by atoms with van der Waals surface area (Å²) in [5.74, 6) is 1.36. The Morgan fingerprint density at radius 3 is 0.854 bits per heavy atom. The van der Waals surface area contributed by atoms with E-state index in [1.165, 1.54) is 0 Å². The zero-order valence-electron chi connectivity index (χ0n) is 50.4. The smallest absolute Gasteiger partial charge is 0.164 e. The summed E-state index contributed by atoms with van der Waals surface area (Å²) in [6, 6.07) is 90.0. The van der Waals surface area contributed by atoms with E-state index in [9.17, 15) is 42.1 Å². The average Bonchev–Trinajstić information content (AvgIpc) is 1.56. The summed E-state index contributed by atoms with van der Waals surface area (Å²) < 4.78 is 4.37. The Labute approximate surface area is 549 Å². The van der Waals surface area contributed by atoms with Gasteiger partial charge in [0.05, 0.1) is 133 Å². The molecule has 0 saturated heterocycles. The van der Waals surface area contributed by atoms with Crippen LogP contribution in [0.2, 0.25) is 0 Å². The second-order valence-electron chi connectivity index (χ2n) is 22.9. The molecular formula is C82H40N14. The summed E-state index contributed by atoms with van der Waals surface area (Å²) in [6.45, 7) is 0. The van der Waals surface area contributed by atoms with E-state index >= 15 is 0 Å². The molecule has 0 saturated carbocycles. The molecule has 14 heteroatoms. The molecule has 0 atom stereocenters. The van der Waals surface area contributed by atoms with E-state index < -0.39 is 0 Å². The van der Waals surface area contributed by atoms with Crippen molar-refractivity contribution in [1.29, 1.82) is 42.1 Å². The summed E-state index contributed by atoms with van der Waals surface area (Å²) in [4.78, 5) is 20.3. The van der Waals surface area contributed by atoms with Crippen LogP contribution in [0.25, 0.3) is 145 Å². The van der Waals surface area contributed by atoms with E-state index in [4.69, 9.17) is 19.9 Å². The van der Waals surface area contributed by atoms with Crippen LogP contribution in [-0.2, 0) is 0 Å². The minimum absolute atomic E-state index is 0.335. The van der Waals surface area contributed by atoms with Crippen LogP contribution in [0.15, 0.2) is 243 Å². The molecule has 0 fully saturated rings. The minimum atomic E-state index is 0.335. The molecule has 4 aromatic heterocycles. The highest BCUT2D eigenvalue weighted by Gasteiger charge is 2.25. The van der Waals surface area contributed by atoms with Gasteiger partial charge < -0.3 is 9.13 Å². The maximum Gasteiger partial charge on any atom is 0.164 e. The highest BCUT2D eigenvalue weighted by Crippen LogP contribution is 2.45. The molecule has 0 aliphatic rings. The quantitative estimate of drug-likeness (QED) is 0.124. The predicted octanol–water partition coefficient (Wildman–Crippen LogP) is 17.8. The summed E-state index contributed by atoms with van der Waals surface area (Å²) >= 11 is 0. The van der Waals surface area contributed by atoms with Crippen molar-refractivity contribution < 1.29 is 0 Å². The number of rotatable bonds is 10. The molecule has 438 valence electrons. The van der Waals surface area contributed by atoms with Crippen LogP contribution in [0.4, 0.5) is 0 Å². The second-order valence-corrected chi connectivity index (χ2v) is 22.9. The first-order valence-electron chi connectivity index (χ1n) is 30.1. The van der Waals surface area contributed by atoms with Gasteiger partial charge in [-0.15, -0.1) is 0 Å². The highest BCUT2D eigenvalue weighted by molar-refractivity contribution is 6.14. The van der Waals surface area contributed by atoms with E-state index in [1.54, 1.807) is 79.0 Å². The number of nitriles is 8. The maximum atomic E-state index is 10.2. The molecule has 0 N–H and O–H groups in total. The summed E-state index contributed by atoms with van der Waals surface area (Å²) in [7, 11) is 0. The molecule has 14 nitrogen and oxygen atoms in total.